The molecular weight excluding hydrogens is 348 g/mol. The first kappa shape index (κ1) is 18.6. The molecule has 3 rings (SSSR count). The molecule has 0 fully saturated rings. The van der Waals surface area contributed by atoms with Crippen molar-refractivity contribution in [1.82, 2.24) is 9.62 Å². The average Bonchev–Trinajstić information content (AvgIpc) is 2.59. The van der Waals surface area contributed by atoms with Crippen molar-refractivity contribution in [3.8, 4) is 0 Å². The maximum Gasteiger partial charge on any atom is 0.254 e. The Bertz CT molecular complexity index is 930. The molecule has 1 N–H and O–H groups in total. The van der Waals surface area contributed by atoms with Gasteiger partial charge in [-0.15, -0.1) is 0 Å². The van der Waals surface area contributed by atoms with Gasteiger partial charge in [0.25, 0.3) is 5.91 Å². The molecule has 5 nitrogen and oxygen atoms in total. The minimum absolute atomic E-state index is 0.107. The smallest absolute Gasteiger partial charge is 0.254 e. The Morgan fingerprint density at radius 1 is 1.04 bits per heavy atom. The standard InChI is InChI=1S/C20H24N2O3S/c1-20(2,3)21-26(24,25)18-10-6-9-16(13-18)19(23)22-12-11-15-7-4-5-8-17(15)14-22/h4-10,13,21H,11-12,14H2,1-3H3. The molecule has 6 heteroatoms. The van der Waals surface area contributed by atoms with E-state index in [4.69, 9.17) is 0 Å². The SMILES string of the molecule is CC(C)(C)NS(=O)(=O)c1cccc(C(=O)N2CCc3ccccc3C2)c1. The molecule has 0 aromatic heterocycles. The van der Waals surface area contributed by atoms with Gasteiger partial charge in [0.2, 0.25) is 10.0 Å². The highest BCUT2D eigenvalue weighted by molar-refractivity contribution is 7.89. The molecule has 2 aromatic carbocycles. The highest BCUT2D eigenvalue weighted by Gasteiger charge is 2.25. The normalized spacial score (nSPS) is 14.8. The number of fused-ring (bicyclic) bond motifs is 1. The number of rotatable bonds is 3. The molecule has 138 valence electrons. The van der Waals surface area contributed by atoms with E-state index >= 15 is 0 Å². The van der Waals surface area contributed by atoms with Crippen molar-refractivity contribution in [1.29, 1.82) is 0 Å². The molecule has 0 bridgehead atoms. The Kier molecular flexibility index (Phi) is 4.90. The van der Waals surface area contributed by atoms with E-state index in [0.29, 0.717) is 18.7 Å². The van der Waals surface area contributed by atoms with Gasteiger partial charge in [-0.2, -0.15) is 0 Å². The summed E-state index contributed by atoms with van der Waals surface area (Å²) in [6.07, 6.45) is 0.811. The molecule has 1 aliphatic rings. The van der Waals surface area contributed by atoms with Crippen molar-refractivity contribution in [2.75, 3.05) is 6.54 Å². The van der Waals surface area contributed by atoms with E-state index in [0.717, 1.165) is 12.0 Å². The zero-order valence-corrected chi connectivity index (χ0v) is 16.1. The van der Waals surface area contributed by atoms with E-state index in [9.17, 15) is 13.2 Å². The molecule has 0 unspecified atom stereocenters. The zero-order chi connectivity index (χ0) is 18.9. The number of carbonyl (C=O) groups excluding carboxylic acids is 1. The number of nitrogens with one attached hydrogen (secondary N) is 1. The molecule has 0 atom stereocenters. The van der Waals surface area contributed by atoms with Crippen molar-refractivity contribution >= 4 is 15.9 Å². The Morgan fingerprint density at radius 3 is 2.42 bits per heavy atom. The van der Waals surface area contributed by atoms with Gasteiger partial charge in [0, 0.05) is 24.2 Å². The molecular formula is C20H24N2O3S. The van der Waals surface area contributed by atoms with Crippen LogP contribution in [0.3, 0.4) is 0 Å². The fourth-order valence-corrected chi connectivity index (χ4v) is 4.57. The number of benzene rings is 2. The van der Waals surface area contributed by atoms with E-state index in [1.165, 1.54) is 17.7 Å². The number of nitrogens with zero attached hydrogens (tertiary/aromatic N) is 1. The van der Waals surface area contributed by atoms with Crippen LogP contribution in [0.1, 0.15) is 42.3 Å². The molecule has 1 heterocycles. The highest BCUT2D eigenvalue weighted by atomic mass is 32.2. The predicted molar refractivity (Wildman–Crippen MR) is 101 cm³/mol. The van der Waals surface area contributed by atoms with E-state index in [1.807, 2.05) is 18.2 Å². The molecule has 1 amide bonds. The van der Waals surface area contributed by atoms with Crippen LogP contribution in [0, 0.1) is 0 Å². The number of carbonyl (C=O) groups is 1. The Morgan fingerprint density at radius 2 is 1.73 bits per heavy atom. The van der Waals surface area contributed by atoms with E-state index in [-0.39, 0.29) is 10.8 Å². The Balaban J connectivity index is 1.84. The quantitative estimate of drug-likeness (QED) is 0.901. The second-order valence-electron chi connectivity index (χ2n) is 7.63. The minimum Gasteiger partial charge on any atom is -0.334 e. The monoisotopic (exact) mass is 372 g/mol. The van der Waals surface area contributed by atoms with Gasteiger partial charge >= 0.3 is 0 Å². The number of sulfonamides is 1. The number of hydrogen-bond donors (Lipinski definition) is 1. The van der Waals surface area contributed by atoms with Crippen molar-refractivity contribution in [2.24, 2.45) is 0 Å². The van der Waals surface area contributed by atoms with Crippen LogP contribution in [0.15, 0.2) is 53.4 Å². The molecule has 0 saturated carbocycles. The first-order valence-corrected chi connectivity index (χ1v) is 10.1. The third-order valence-corrected chi connectivity index (χ3v) is 6.01. The van der Waals surface area contributed by atoms with Crippen LogP contribution in [-0.2, 0) is 23.0 Å². The van der Waals surface area contributed by atoms with Crippen LogP contribution in [0.5, 0.6) is 0 Å². The third-order valence-electron chi connectivity index (χ3n) is 4.25. The summed E-state index contributed by atoms with van der Waals surface area (Å²) in [6, 6.07) is 14.3. The second kappa shape index (κ2) is 6.85. The molecule has 0 saturated heterocycles. The topological polar surface area (TPSA) is 66.5 Å². The lowest BCUT2D eigenvalue weighted by Crippen LogP contribution is -2.40. The van der Waals surface area contributed by atoms with E-state index in [1.54, 1.807) is 37.8 Å². The summed E-state index contributed by atoms with van der Waals surface area (Å²) < 4.78 is 27.7. The fraction of sp³-hybridized carbons (Fsp3) is 0.350. The largest absolute Gasteiger partial charge is 0.334 e. The van der Waals surface area contributed by atoms with E-state index < -0.39 is 15.6 Å². The molecule has 1 aliphatic heterocycles. The lowest BCUT2D eigenvalue weighted by Gasteiger charge is -2.29. The van der Waals surface area contributed by atoms with Crippen molar-refractivity contribution in [3.63, 3.8) is 0 Å². The number of amides is 1. The van der Waals surface area contributed by atoms with Crippen LogP contribution in [0.4, 0.5) is 0 Å². The first-order chi connectivity index (χ1) is 12.2. The van der Waals surface area contributed by atoms with Gasteiger partial charge in [0.05, 0.1) is 4.90 Å². The van der Waals surface area contributed by atoms with Crippen molar-refractivity contribution in [2.45, 2.75) is 44.2 Å². The lowest BCUT2D eigenvalue weighted by atomic mass is 9.99. The van der Waals surface area contributed by atoms with Crippen molar-refractivity contribution < 1.29 is 13.2 Å². The summed E-state index contributed by atoms with van der Waals surface area (Å²) in [5, 5.41) is 0. The molecule has 0 spiro atoms. The lowest BCUT2D eigenvalue weighted by molar-refractivity contribution is 0.0734. The Hall–Kier alpha value is -2.18. The molecule has 0 radical (unpaired) electrons. The fourth-order valence-electron chi connectivity index (χ4n) is 3.11. The summed E-state index contributed by atoms with van der Waals surface area (Å²) in [5.41, 5.74) is 2.21. The highest BCUT2D eigenvalue weighted by Crippen LogP contribution is 2.21. The summed E-state index contributed by atoms with van der Waals surface area (Å²) in [5.74, 6) is -0.146. The van der Waals surface area contributed by atoms with Gasteiger partial charge in [0.15, 0.2) is 0 Å². The Labute approximate surface area is 155 Å². The van der Waals surface area contributed by atoms with Gasteiger partial charge in [0.1, 0.15) is 0 Å². The maximum atomic E-state index is 12.9. The number of hydrogen-bond acceptors (Lipinski definition) is 3. The summed E-state index contributed by atoms with van der Waals surface area (Å²) in [7, 11) is -3.67. The van der Waals surface area contributed by atoms with Gasteiger partial charge in [-0.1, -0.05) is 30.3 Å². The zero-order valence-electron chi connectivity index (χ0n) is 15.3. The van der Waals surface area contributed by atoms with Crippen LogP contribution in [0.2, 0.25) is 0 Å². The van der Waals surface area contributed by atoms with Gasteiger partial charge in [-0.05, 0) is 56.5 Å². The molecule has 26 heavy (non-hydrogen) atoms. The van der Waals surface area contributed by atoms with Gasteiger partial charge in [-0.25, -0.2) is 13.1 Å². The van der Waals surface area contributed by atoms with Crippen molar-refractivity contribution in [3.05, 3.63) is 65.2 Å². The molecule has 2 aromatic rings. The predicted octanol–water partition coefficient (Wildman–Crippen LogP) is 2.96. The average molecular weight is 372 g/mol. The van der Waals surface area contributed by atoms with Crippen LogP contribution < -0.4 is 4.72 Å². The first-order valence-electron chi connectivity index (χ1n) is 8.66. The summed E-state index contributed by atoms with van der Waals surface area (Å²) in [4.78, 5) is 14.8. The summed E-state index contributed by atoms with van der Waals surface area (Å²) in [6.45, 7) is 6.53. The van der Waals surface area contributed by atoms with Gasteiger partial charge < -0.3 is 4.90 Å². The second-order valence-corrected chi connectivity index (χ2v) is 9.31. The maximum absolute atomic E-state index is 12.9. The van der Waals surface area contributed by atoms with E-state index in [2.05, 4.69) is 10.8 Å². The van der Waals surface area contributed by atoms with Gasteiger partial charge in [-0.3, -0.25) is 4.79 Å². The van der Waals surface area contributed by atoms with Crippen LogP contribution >= 0.6 is 0 Å². The van der Waals surface area contributed by atoms with Crippen LogP contribution in [0.25, 0.3) is 0 Å². The van der Waals surface area contributed by atoms with Crippen LogP contribution in [-0.4, -0.2) is 31.3 Å². The summed E-state index contributed by atoms with van der Waals surface area (Å²) >= 11 is 0. The molecule has 0 aliphatic carbocycles. The minimum atomic E-state index is -3.67. The third kappa shape index (κ3) is 4.14.